The number of aliphatic hydroxyl groups excluding tert-OH is 1. The van der Waals surface area contributed by atoms with E-state index in [1.807, 2.05) is 17.0 Å². The van der Waals surface area contributed by atoms with Crippen molar-refractivity contribution in [2.75, 3.05) is 25.4 Å². The highest BCUT2D eigenvalue weighted by Gasteiger charge is 2.21. The van der Waals surface area contributed by atoms with Gasteiger partial charge >= 0.3 is 0 Å². The van der Waals surface area contributed by atoms with E-state index in [0.717, 1.165) is 36.0 Å². The first-order chi connectivity index (χ1) is 9.19. The molecule has 2 heterocycles. The molecule has 0 spiro atoms. The monoisotopic (exact) mass is 319 g/mol. The molecule has 1 aliphatic rings. The Morgan fingerprint density at radius 3 is 2.79 bits per heavy atom. The van der Waals surface area contributed by atoms with Gasteiger partial charge in [0.15, 0.2) is 0 Å². The molecule has 0 unspecified atom stereocenters. The van der Waals surface area contributed by atoms with Gasteiger partial charge in [0, 0.05) is 30.3 Å². The van der Waals surface area contributed by atoms with Crippen molar-refractivity contribution < 1.29 is 9.90 Å². The van der Waals surface area contributed by atoms with E-state index in [-0.39, 0.29) is 12.5 Å². The third kappa shape index (κ3) is 4.67. The number of aliphatic hydroxyl groups is 1. The molecule has 1 saturated heterocycles. The molecule has 1 aromatic heterocycles. The highest BCUT2D eigenvalue weighted by Crippen LogP contribution is 2.25. The third-order valence-corrected chi connectivity index (χ3v) is 5.70. The van der Waals surface area contributed by atoms with E-state index >= 15 is 0 Å². The molecule has 0 radical (unpaired) electrons. The zero-order valence-electron chi connectivity index (χ0n) is 10.7. The van der Waals surface area contributed by atoms with Gasteiger partial charge in [-0.2, -0.15) is 0 Å². The summed E-state index contributed by atoms with van der Waals surface area (Å²) in [6.07, 6.45) is 1.85. The van der Waals surface area contributed by atoms with Crippen molar-refractivity contribution >= 4 is 40.6 Å². The number of halogens is 1. The SMILES string of the molecule is O=C(CSCc1ccc(Cl)s1)N1CCC(CO)CC1. The summed E-state index contributed by atoms with van der Waals surface area (Å²) in [5.41, 5.74) is 0. The summed E-state index contributed by atoms with van der Waals surface area (Å²) in [7, 11) is 0. The fraction of sp³-hybridized carbons (Fsp3) is 0.615. The second-order valence-electron chi connectivity index (χ2n) is 4.71. The molecule has 1 amide bonds. The predicted molar refractivity (Wildman–Crippen MR) is 81.9 cm³/mol. The zero-order valence-corrected chi connectivity index (χ0v) is 13.1. The van der Waals surface area contributed by atoms with Crippen molar-refractivity contribution in [1.29, 1.82) is 0 Å². The number of thioether (sulfide) groups is 1. The summed E-state index contributed by atoms with van der Waals surface area (Å²) in [5, 5.41) is 9.07. The van der Waals surface area contributed by atoms with Crippen LogP contribution in [0.3, 0.4) is 0 Å². The fourth-order valence-corrected chi connectivity index (χ4v) is 4.25. The molecule has 3 nitrogen and oxygen atoms in total. The lowest BCUT2D eigenvalue weighted by Gasteiger charge is -2.31. The van der Waals surface area contributed by atoms with Gasteiger partial charge in [0.25, 0.3) is 0 Å². The van der Waals surface area contributed by atoms with Gasteiger partial charge < -0.3 is 10.0 Å². The maximum absolute atomic E-state index is 12.0. The van der Waals surface area contributed by atoms with Crippen molar-refractivity contribution in [3.8, 4) is 0 Å². The Balaban J connectivity index is 1.67. The largest absolute Gasteiger partial charge is 0.396 e. The summed E-state index contributed by atoms with van der Waals surface area (Å²) in [6.45, 7) is 1.82. The predicted octanol–water partition coefficient (Wildman–Crippen LogP) is 2.87. The van der Waals surface area contributed by atoms with Gasteiger partial charge in [-0.1, -0.05) is 11.6 Å². The number of hydrogen-bond acceptors (Lipinski definition) is 4. The van der Waals surface area contributed by atoms with Crippen LogP contribution in [0, 0.1) is 5.92 Å². The smallest absolute Gasteiger partial charge is 0.232 e. The Kier molecular flexibility index (Phi) is 6.01. The van der Waals surface area contributed by atoms with E-state index in [0.29, 0.717) is 11.7 Å². The molecule has 0 bridgehead atoms. The third-order valence-electron chi connectivity index (χ3n) is 3.32. The van der Waals surface area contributed by atoms with Crippen LogP contribution in [0.25, 0.3) is 0 Å². The first-order valence-corrected chi connectivity index (χ1v) is 8.74. The average Bonchev–Trinajstić information content (AvgIpc) is 2.84. The molecule has 19 heavy (non-hydrogen) atoms. The molecular weight excluding hydrogens is 302 g/mol. The van der Waals surface area contributed by atoms with E-state index < -0.39 is 0 Å². The van der Waals surface area contributed by atoms with Gasteiger partial charge in [0.2, 0.25) is 5.91 Å². The number of piperidine rings is 1. The van der Waals surface area contributed by atoms with Crippen LogP contribution in [0.4, 0.5) is 0 Å². The summed E-state index contributed by atoms with van der Waals surface area (Å²) < 4.78 is 0.799. The van der Waals surface area contributed by atoms with E-state index in [4.69, 9.17) is 16.7 Å². The molecule has 1 aromatic rings. The summed E-state index contributed by atoms with van der Waals surface area (Å²) in [6, 6.07) is 3.90. The van der Waals surface area contributed by atoms with Crippen molar-refractivity contribution in [2.45, 2.75) is 18.6 Å². The molecule has 0 atom stereocenters. The standard InChI is InChI=1S/C13H18ClNO2S2/c14-12-2-1-11(19-12)8-18-9-13(17)15-5-3-10(7-16)4-6-15/h1-2,10,16H,3-9H2. The van der Waals surface area contributed by atoms with Crippen molar-refractivity contribution in [3.05, 3.63) is 21.3 Å². The van der Waals surface area contributed by atoms with E-state index in [2.05, 4.69) is 0 Å². The first kappa shape index (κ1) is 15.2. The molecule has 2 rings (SSSR count). The average molecular weight is 320 g/mol. The van der Waals surface area contributed by atoms with Crippen LogP contribution in [0.15, 0.2) is 12.1 Å². The summed E-state index contributed by atoms with van der Waals surface area (Å²) in [4.78, 5) is 15.1. The molecule has 1 fully saturated rings. The Labute approximate surface area is 126 Å². The number of carbonyl (C=O) groups is 1. The van der Waals surface area contributed by atoms with Gasteiger partial charge in [0.05, 0.1) is 10.1 Å². The molecule has 106 valence electrons. The zero-order chi connectivity index (χ0) is 13.7. The minimum absolute atomic E-state index is 0.212. The second-order valence-corrected chi connectivity index (χ2v) is 7.49. The topological polar surface area (TPSA) is 40.5 Å². The Morgan fingerprint density at radius 1 is 1.47 bits per heavy atom. The van der Waals surface area contributed by atoms with Crippen LogP contribution in [-0.4, -0.2) is 41.4 Å². The van der Waals surface area contributed by atoms with Gasteiger partial charge in [-0.3, -0.25) is 4.79 Å². The van der Waals surface area contributed by atoms with E-state index in [1.54, 1.807) is 23.1 Å². The fourth-order valence-electron chi connectivity index (χ4n) is 2.12. The highest BCUT2D eigenvalue weighted by molar-refractivity contribution is 7.99. The van der Waals surface area contributed by atoms with Crippen LogP contribution in [0.2, 0.25) is 4.34 Å². The Morgan fingerprint density at radius 2 is 2.21 bits per heavy atom. The number of rotatable bonds is 5. The minimum Gasteiger partial charge on any atom is -0.396 e. The van der Waals surface area contributed by atoms with Gasteiger partial charge in [-0.25, -0.2) is 0 Å². The van der Waals surface area contributed by atoms with Crippen molar-refractivity contribution in [3.63, 3.8) is 0 Å². The van der Waals surface area contributed by atoms with Crippen LogP contribution in [-0.2, 0) is 10.5 Å². The summed E-state index contributed by atoms with van der Waals surface area (Å²) >= 11 is 9.07. The van der Waals surface area contributed by atoms with Crippen LogP contribution < -0.4 is 0 Å². The van der Waals surface area contributed by atoms with Gasteiger partial charge in [-0.05, 0) is 30.9 Å². The lowest BCUT2D eigenvalue weighted by molar-refractivity contribution is -0.129. The normalized spacial score (nSPS) is 16.8. The van der Waals surface area contributed by atoms with Gasteiger partial charge in [0.1, 0.15) is 0 Å². The molecule has 1 N–H and O–H groups in total. The molecule has 0 aliphatic carbocycles. The number of nitrogens with zero attached hydrogens (tertiary/aromatic N) is 1. The molecule has 0 aromatic carbocycles. The second kappa shape index (κ2) is 7.53. The van der Waals surface area contributed by atoms with Crippen molar-refractivity contribution in [1.82, 2.24) is 4.90 Å². The van der Waals surface area contributed by atoms with E-state index in [1.165, 1.54) is 4.88 Å². The lowest BCUT2D eigenvalue weighted by Crippen LogP contribution is -2.40. The Hall–Kier alpha value is -0.230. The lowest BCUT2D eigenvalue weighted by atomic mass is 9.98. The maximum Gasteiger partial charge on any atom is 0.232 e. The number of thiophene rings is 1. The number of hydrogen-bond donors (Lipinski definition) is 1. The first-order valence-electron chi connectivity index (χ1n) is 6.39. The van der Waals surface area contributed by atoms with Crippen molar-refractivity contribution in [2.24, 2.45) is 5.92 Å². The quantitative estimate of drug-likeness (QED) is 0.907. The minimum atomic E-state index is 0.212. The number of carbonyl (C=O) groups excluding carboxylic acids is 1. The molecule has 0 saturated carbocycles. The van der Waals surface area contributed by atoms with E-state index in [9.17, 15) is 4.79 Å². The molecular formula is C13H18ClNO2S2. The van der Waals surface area contributed by atoms with Crippen LogP contribution in [0.1, 0.15) is 17.7 Å². The summed E-state index contributed by atoms with van der Waals surface area (Å²) in [5.74, 6) is 1.96. The van der Waals surface area contributed by atoms with Crippen LogP contribution in [0.5, 0.6) is 0 Å². The maximum atomic E-state index is 12.0. The van der Waals surface area contributed by atoms with Gasteiger partial charge in [-0.15, -0.1) is 23.1 Å². The van der Waals surface area contributed by atoms with Crippen LogP contribution >= 0.6 is 34.7 Å². The Bertz CT molecular complexity index is 417. The molecule has 1 aliphatic heterocycles. The molecule has 6 heteroatoms. The highest BCUT2D eigenvalue weighted by atomic mass is 35.5. The number of amides is 1. The number of likely N-dealkylation sites (tertiary alicyclic amines) is 1.